The zero-order valence-electron chi connectivity index (χ0n) is 10.1. The minimum absolute atomic E-state index is 0.304. The van der Waals surface area contributed by atoms with Gasteiger partial charge < -0.3 is 4.79 Å². The molecule has 0 saturated heterocycles. The molecule has 0 amide bonds. The van der Waals surface area contributed by atoms with Crippen LogP contribution in [0.4, 0.5) is 0 Å². The lowest BCUT2D eigenvalue weighted by Crippen LogP contribution is -1.92. The first-order valence-corrected chi connectivity index (χ1v) is 6.08. The van der Waals surface area contributed by atoms with E-state index in [0.29, 0.717) is 12.3 Å². The molecule has 0 aromatic rings. The highest BCUT2D eigenvalue weighted by molar-refractivity contribution is 5.50. The average Bonchev–Trinajstić information content (AvgIpc) is 2.24. The van der Waals surface area contributed by atoms with E-state index in [1.807, 2.05) is 13.0 Å². The van der Waals surface area contributed by atoms with Crippen molar-refractivity contribution in [3.63, 3.8) is 0 Å². The second-order valence-corrected chi connectivity index (χ2v) is 3.87. The Kier molecular flexibility index (Phi) is 10.6. The first-order chi connectivity index (χ1) is 7.35. The summed E-state index contributed by atoms with van der Waals surface area (Å²) < 4.78 is 0. The Bertz CT molecular complexity index is 192. The van der Waals surface area contributed by atoms with E-state index in [9.17, 15) is 4.79 Å². The van der Waals surface area contributed by atoms with Gasteiger partial charge in [0.1, 0.15) is 6.29 Å². The fourth-order valence-corrected chi connectivity index (χ4v) is 1.54. The third kappa shape index (κ3) is 9.45. The van der Waals surface area contributed by atoms with E-state index < -0.39 is 0 Å². The SMILES string of the molecule is CC=CC(C=CCCCCCC)CC=O. The first-order valence-electron chi connectivity index (χ1n) is 6.08. The van der Waals surface area contributed by atoms with Crippen LogP contribution in [0.5, 0.6) is 0 Å². The highest BCUT2D eigenvalue weighted by Crippen LogP contribution is 2.08. The van der Waals surface area contributed by atoms with Gasteiger partial charge in [-0.05, 0) is 19.8 Å². The third-order valence-corrected chi connectivity index (χ3v) is 2.42. The zero-order chi connectivity index (χ0) is 11.4. The number of allylic oxidation sites excluding steroid dienone is 4. The molecule has 0 aromatic heterocycles. The summed E-state index contributed by atoms with van der Waals surface area (Å²) in [6.45, 7) is 4.22. The maximum atomic E-state index is 10.4. The fourth-order valence-electron chi connectivity index (χ4n) is 1.54. The van der Waals surface area contributed by atoms with E-state index >= 15 is 0 Å². The van der Waals surface area contributed by atoms with Gasteiger partial charge in [0, 0.05) is 12.3 Å². The van der Waals surface area contributed by atoms with Gasteiger partial charge in [-0.1, -0.05) is 50.5 Å². The van der Waals surface area contributed by atoms with Crippen LogP contribution in [-0.4, -0.2) is 6.29 Å². The van der Waals surface area contributed by atoms with E-state index in [1.165, 1.54) is 25.7 Å². The number of carbonyl (C=O) groups excluding carboxylic acids is 1. The Hall–Kier alpha value is -0.850. The van der Waals surface area contributed by atoms with E-state index in [4.69, 9.17) is 0 Å². The molecule has 0 spiro atoms. The predicted octanol–water partition coefficient (Wildman–Crippen LogP) is 4.29. The molecule has 1 unspecified atom stereocenters. The Morgan fingerprint density at radius 2 is 1.93 bits per heavy atom. The smallest absolute Gasteiger partial charge is 0.120 e. The number of aldehydes is 1. The van der Waals surface area contributed by atoms with Crippen LogP contribution in [0, 0.1) is 5.92 Å². The van der Waals surface area contributed by atoms with Gasteiger partial charge in [0.15, 0.2) is 0 Å². The van der Waals surface area contributed by atoms with Gasteiger partial charge in [-0.3, -0.25) is 0 Å². The maximum Gasteiger partial charge on any atom is 0.120 e. The largest absolute Gasteiger partial charge is 0.303 e. The highest BCUT2D eigenvalue weighted by atomic mass is 16.1. The topological polar surface area (TPSA) is 17.1 Å². The standard InChI is InChI=1S/C14H24O/c1-3-5-6-7-8-9-11-14(10-4-2)12-13-15/h4,9-11,13-14H,3,5-8,12H2,1-2H3. The van der Waals surface area contributed by atoms with Gasteiger partial charge in [0.05, 0.1) is 0 Å². The van der Waals surface area contributed by atoms with Crippen molar-refractivity contribution in [1.82, 2.24) is 0 Å². The Morgan fingerprint density at radius 1 is 1.13 bits per heavy atom. The summed E-state index contributed by atoms with van der Waals surface area (Å²) >= 11 is 0. The van der Waals surface area contributed by atoms with Crippen LogP contribution in [-0.2, 0) is 4.79 Å². The molecule has 0 rings (SSSR count). The molecule has 86 valence electrons. The molecule has 1 heteroatoms. The van der Waals surface area contributed by atoms with Crippen molar-refractivity contribution in [2.75, 3.05) is 0 Å². The van der Waals surface area contributed by atoms with Crippen LogP contribution in [0.2, 0.25) is 0 Å². The minimum Gasteiger partial charge on any atom is -0.303 e. The van der Waals surface area contributed by atoms with E-state index in [2.05, 4.69) is 25.2 Å². The Labute approximate surface area is 94.3 Å². The summed E-state index contributed by atoms with van der Waals surface area (Å²) in [5.41, 5.74) is 0. The van der Waals surface area contributed by atoms with Gasteiger partial charge in [0.25, 0.3) is 0 Å². The molecule has 0 N–H and O–H groups in total. The first kappa shape index (κ1) is 14.2. The number of hydrogen-bond donors (Lipinski definition) is 0. The summed E-state index contributed by atoms with van der Waals surface area (Å²) in [5, 5.41) is 0. The molecule has 0 saturated carbocycles. The van der Waals surface area contributed by atoms with Crippen molar-refractivity contribution in [3.05, 3.63) is 24.3 Å². The van der Waals surface area contributed by atoms with Crippen molar-refractivity contribution in [3.8, 4) is 0 Å². The molecule has 0 heterocycles. The summed E-state index contributed by atoms with van der Waals surface area (Å²) in [4.78, 5) is 10.4. The Morgan fingerprint density at radius 3 is 2.53 bits per heavy atom. The zero-order valence-corrected chi connectivity index (χ0v) is 10.1. The Balaban J connectivity index is 3.64. The summed E-state index contributed by atoms with van der Waals surface area (Å²) in [7, 11) is 0. The quantitative estimate of drug-likeness (QED) is 0.314. The van der Waals surface area contributed by atoms with Gasteiger partial charge in [-0.2, -0.15) is 0 Å². The number of rotatable bonds is 9. The minimum atomic E-state index is 0.304. The van der Waals surface area contributed by atoms with Gasteiger partial charge >= 0.3 is 0 Å². The van der Waals surface area contributed by atoms with E-state index in [0.717, 1.165) is 12.7 Å². The van der Waals surface area contributed by atoms with Gasteiger partial charge in [0.2, 0.25) is 0 Å². The van der Waals surface area contributed by atoms with E-state index in [1.54, 1.807) is 0 Å². The molecular weight excluding hydrogens is 184 g/mol. The molecule has 0 aromatic carbocycles. The van der Waals surface area contributed by atoms with Gasteiger partial charge in [-0.15, -0.1) is 0 Å². The van der Waals surface area contributed by atoms with Crippen LogP contribution in [0.15, 0.2) is 24.3 Å². The molecule has 1 nitrogen and oxygen atoms in total. The fraction of sp³-hybridized carbons (Fsp3) is 0.643. The maximum absolute atomic E-state index is 10.4. The summed E-state index contributed by atoms with van der Waals surface area (Å²) in [6, 6.07) is 0. The number of carbonyl (C=O) groups is 1. The van der Waals surface area contributed by atoms with Crippen LogP contribution >= 0.6 is 0 Å². The van der Waals surface area contributed by atoms with Crippen molar-refractivity contribution < 1.29 is 4.79 Å². The molecule has 15 heavy (non-hydrogen) atoms. The van der Waals surface area contributed by atoms with Crippen LogP contribution in [0.3, 0.4) is 0 Å². The lowest BCUT2D eigenvalue weighted by Gasteiger charge is -2.01. The van der Waals surface area contributed by atoms with Crippen LogP contribution in [0.1, 0.15) is 52.4 Å². The molecular formula is C14H24O. The van der Waals surface area contributed by atoms with Crippen LogP contribution < -0.4 is 0 Å². The lowest BCUT2D eigenvalue weighted by molar-refractivity contribution is -0.108. The molecule has 0 aliphatic heterocycles. The number of hydrogen-bond acceptors (Lipinski definition) is 1. The monoisotopic (exact) mass is 208 g/mol. The molecule has 0 aliphatic rings. The molecule has 0 aliphatic carbocycles. The van der Waals surface area contributed by atoms with Crippen molar-refractivity contribution >= 4 is 6.29 Å². The van der Waals surface area contributed by atoms with Crippen molar-refractivity contribution in [2.24, 2.45) is 5.92 Å². The van der Waals surface area contributed by atoms with Gasteiger partial charge in [-0.25, -0.2) is 0 Å². The number of unbranched alkanes of at least 4 members (excludes halogenated alkanes) is 4. The highest BCUT2D eigenvalue weighted by Gasteiger charge is 1.96. The molecule has 0 radical (unpaired) electrons. The molecule has 1 atom stereocenters. The lowest BCUT2D eigenvalue weighted by atomic mass is 10.0. The molecule has 0 bridgehead atoms. The normalized spacial score (nSPS) is 13.7. The predicted molar refractivity (Wildman–Crippen MR) is 66.9 cm³/mol. The van der Waals surface area contributed by atoms with Crippen molar-refractivity contribution in [1.29, 1.82) is 0 Å². The average molecular weight is 208 g/mol. The molecule has 0 fully saturated rings. The van der Waals surface area contributed by atoms with Crippen molar-refractivity contribution in [2.45, 2.75) is 52.4 Å². The summed E-state index contributed by atoms with van der Waals surface area (Å²) in [5.74, 6) is 0.304. The second-order valence-electron chi connectivity index (χ2n) is 3.87. The van der Waals surface area contributed by atoms with Crippen LogP contribution in [0.25, 0.3) is 0 Å². The van der Waals surface area contributed by atoms with E-state index in [-0.39, 0.29) is 0 Å². The summed E-state index contributed by atoms with van der Waals surface area (Å²) in [6.07, 6.45) is 16.4. The third-order valence-electron chi connectivity index (χ3n) is 2.42. The second kappa shape index (κ2) is 11.2.